The zero-order valence-electron chi connectivity index (χ0n) is 17.7. The minimum atomic E-state index is -0.0290. The van der Waals surface area contributed by atoms with Crippen LogP contribution in [0.2, 0.25) is 0 Å². The van der Waals surface area contributed by atoms with E-state index in [0.717, 1.165) is 40.3 Å². The van der Waals surface area contributed by atoms with E-state index >= 15 is 0 Å². The van der Waals surface area contributed by atoms with Crippen LogP contribution in [0.15, 0.2) is 89.3 Å². The first kappa shape index (κ1) is 20.1. The molecule has 0 fully saturated rings. The summed E-state index contributed by atoms with van der Waals surface area (Å²) < 4.78 is 11.9. The lowest BCUT2D eigenvalue weighted by atomic mass is 10.0. The van der Waals surface area contributed by atoms with Crippen LogP contribution in [0.1, 0.15) is 17.9 Å². The maximum absolute atomic E-state index is 12.6. The maximum atomic E-state index is 12.6. The Balaban J connectivity index is 1.27. The third kappa shape index (κ3) is 4.42. The Hall–Kier alpha value is -3.86. The number of nitrogens with zero attached hydrogens (tertiary/aromatic N) is 1. The van der Waals surface area contributed by atoms with Crippen molar-refractivity contribution in [3.8, 4) is 28.3 Å². The summed E-state index contributed by atoms with van der Waals surface area (Å²) in [7, 11) is 0. The summed E-state index contributed by atoms with van der Waals surface area (Å²) in [6.07, 6.45) is 1.51. The molecule has 1 amide bonds. The van der Waals surface area contributed by atoms with Gasteiger partial charge in [0.1, 0.15) is 18.1 Å². The van der Waals surface area contributed by atoms with Gasteiger partial charge >= 0.3 is 0 Å². The smallest absolute Gasteiger partial charge is 0.220 e. The second-order valence-corrected chi connectivity index (χ2v) is 7.90. The van der Waals surface area contributed by atoms with Gasteiger partial charge in [-0.1, -0.05) is 78.9 Å². The molecule has 160 valence electrons. The van der Waals surface area contributed by atoms with Crippen LogP contribution < -0.4 is 10.1 Å². The van der Waals surface area contributed by atoms with E-state index < -0.39 is 0 Å². The van der Waals surface area contributed by atoms with Crippen molar-refractivity contribution in [1.82, 2.24) is 10.3 Å². The number of aromatic nitrogens is 1. The minimum absolute atomic E-state index is 0.0262. The number of carbonyl (C=O) groups excluding carboxylic acids is 1. The highest BCUT2D eigenvalue weighted by Gasteiger charge is 2.22. The van der Waals surface area contributed by atoms with Gasteiger partial charge < -0.3 is 14.5 Å². The SMILES string of the molecule is O=C(CCc1nc(-c2ccccc2)c(-c2ccccc2)o1)NC1COc2ccccc2C1. The van der Waals surface area contributed by atoms with E-state index in [-0.39, 0.29) is 11.9 Å². The Morgan fingerprint density at radius 1 is 0.906 bits per heavy atom. The number of ether oxygens (including phenoxy) is 1. The molecule has 2 heterocycles. The Morgan fingerprint density at radius 3 is 2.38 bits per heavy atom. The van der Waals surface area contributed by atoms with Crippen LogP contribution >= 0.6 is 0 Å². The van der Waals surface area contributed by atoms with Crippen LogP contribution in [0.4, 0.5) is 0 Å². The molecule has 1 unspecified atom stereocenters. The molecule has 1 aliphatic heterocycles. The van der Waals surface area contributed by atoms with E-state index in [1.165, 1.54) is 0 Å². The molecule has 0 spiro atoms. The Bertz CT molecular complexity index is 1150. The van der Waals surface area contributed by atoms with E-state index in [0.29, 0.717) is 25.3 Å². The molecule has 0 bridgehead atoms. The molecule has 0 radical (unpaired) electrons. The monoisotopic (exact) mass is 424 g/mol. The second kappa shape index (κ2) is 9.10. The number of hydrogen-bond donors (Lipinski definition) is 1. The van der Waals surface area contributed by atoms with Gasteiger partial charge in [0.05, 0.1) is 6.04 Å². The fourth-order valence-electron chi connectivity index (χ4n) is 3.99. The number of para-hydroxylation sites is 1. The number of oxazole rings is 1. The van der Waals surface area contributed by atoms with E-state index in [1.54, 1.807) is 0 Å². The highest BCUT2D eigenvalue weighted by molar-refractivity contribution is 5.78. The van der Waals surface area contributed by atoms with Crippen molar-refractivity contribution in [2.24, 2.45) is 0 Å². The molecule has 5 heteroatoms. The average Bonchev–Trinajstić information content (AvgIpc) is 3.28. The normalized spacial score (nSPS) is 14.9. The molecule has 5 nitrogen and oxygen atoms in total. The molecule has 1 aromatic heterocycles. The average molecular weight is 425 g/mol. The van der Waals surface area contributed by atoms with Crippen molar-refractivity contribution in [3.63, 3.8) is 0 Å². The van der Waals surface area contributed by atoms with Gasteiger partial charge in [0.2, 0.25) is 5.91 Å². The molecular formula is C27H24N2O3. The summed E-state index contributed by atoms with van der Waals surface area (Å²) in [6.45, 7) is 0.484. The molecule has 1 atom stereocenters. The molecule has 32 heavy (non-hydrogen) atoms. The van der Waals surface area contributed by atoms with Crippen molar-refractivity contribution >= 4 is 5.91 Å². The van der Waals surface area contributed by atoms with Crippen LogP contribution in [-0.4, -0.2) is 23.5 Å². The summed E-state index contributed by atoms with van der Waals surface area (Å²) >= 11 is 0. The Morgan fingerprint density at radius 2 is 1.59 bits per heavy atom. The van der Waals surface area contributed by atoms with Gasteiger partial charge in [-0.05, 0) is 18.1 Å². The highest BCUT2D eigenvalue weighted by atomic mass is 16.5. The summed E-state index contributed by atoms with van der Waals surface area (Å²) in [5.74, 6) is 2.16. The fraction of sp³-hybridized carbons (Fsp3) is 0.185. The van der Waals surface area contributed by atoms with Crippen LogP contribution in [-0.2, 0) is 17.6 Å². The fourth-order valence-corrected chi connectivity index (χ4v) is 3.99. The number of carbonyl (C=O) groups is 1. The Kier molecular flexibility index (Phi) is 5.71. The predicted molar refractivity (Wildman–Crippen MR) is 123 cm³/mol. The number of hydrogen-bond acceptors (Lipinski definition) is 4. The molecule has 5 rings (SSSR count). The van der Waals surface area contributed by atoms with Gasteiger partial charge in [-0.15, -0.1) is 0 Å². The van der Waals surface area contributed by atoms with Crippen molar-refractivity contribution in [2.75, 3.05) is 6.61 Å². The van der Waals surface area contributed by atoms with Crippen molar-refractivity contribution < 1.29 is 13.9 Å². The van der Waals surface area contributed by atoms with Gasteiger partial charge in [0.15, 0.2) is 11.7 Å². The van der Waals surface area contributed by atoms with Gasteiger partial charge in [0.25, 0.3) is 0 Å². The van der Waals surface area contributed by atoms with Gasteiger partial charge in [-0.3, -0.25) is 4.79 Å². The standard InChI is InChI=1S/C27H24N2O3/c30-24(28-22-17-21-13-7-8-14-23(21)31-18-22)15-16-25-29-26(19-9-3-1-4-10-19)27(32-25)20-11-5-2-6-12-20/h1-14,22H,15-18H2,(H,28,30). The summed E-state index contributed by atoms with van der Waals surface area (Å²) in [5, 5.41) is 3.08. The van der Waals surface area contributed by atoms with E-state index in [9.17, 15) is 4.79 Å². The third-order valence-electron chi connectivity index (χ3n) is 5.56. The first-order valence-corrected chi connectivity index (χ1v) is 10.9. The zero-order valence-corrected chi connectivity index (χ0v) is 17.7. The van der Waals surface area contributed by atoms with Gasteiger partial charge in [0, 0.05) is 24.0 Å². The first-order valence-electron chi connectivity index (χ1n) is 10.9. The number of rotatable bonds is 6. The second-order valence-electron chi connectivity index (χ2n) is 7.90. The van der Waals surface area contributed by atoms with E-state index in [4.69, 9.17) is 14.1 Å². The third-order valence-corrected chi connectivity index (χ3v) is 5.56. The summed E-state index contributed by atoms with van der Waals surface area (Å²) in [5.41, 5.74) is 3.87. The van der Waals surface area contributed by atoms with Gasteiger partial charge in [-0.25, -0.2) is 4.98 Å². The summed E-state index contributed by atoms with van der Waals surface area (Å²) in [4.78, 5) is 17.3. The van der Waals surface area contributed by atoms with E-state index in [1.807, 2.05) is 84.9 Å². The quantitative estimate of drug-likeness (QED) is 0.470. The lowest BCUT2D eigenvalue weighted by Gasteiger charge is -2.26. The number of amides is 1. The number of fused-ring (bicyclic) bond motifs is 1. The van der Waals surface area contributed by atoms with Crippen molar-refractivity contribution in [2.45, 2.75) is 25.3 Å². The molecule has 4 aromatic rings. The zero-order chi connectivity index (χ0) is 21.8. The number of nitrogens with one attached hydrogen (secondary N) is 1. The lowest BCUT2D eigenvalue weighted by Crippen LogP contribution is -2.42. The maximum Gasteiger partial charge on any atom is 0.220 e. The Labute approximate surface area is 187 Å². The number of benzene rings is 3. The molecule has 1 aliphatic rings. The van der Waals surface area contributed by atoms with Gasteiger partial charge in [-0.2, -0.15) is 0 Å². The van der Waals surface area contributed by atoms with E-state index in [2.05, 4.69) is 5.32 Å². The van der Waals surface area contributed by atoms with Crippen LogP contribution in [0.25, 0.3) is 22.6 Å². The molecule has 0 saturated heterocycles. The molecule has 0 saturated carbocycles. The van der Waals surface area contributed by atoms with Crippen LogP contribution in [0.3, 0.4) is 0 Å². The van der Waals surface area contributed by atoms with Crippen LogP contribution in [0, 0.1) is 0 Å². The van der Waals surface area contributed by atoms with Crippen LogP contribution in [0.5, 0.6) is 5.75 Å². The lowest BCUT2D eigenvalue weighted by molar-refractivity contribution is -0.122. The molecule has 1 N–H and O–H groups in total. The van der Waals surface area contributed by atoms with Crippen molar-refractivity contribution in [3.05, 3.63) is 96.4 Å². The topological polar surface area (TPSA) is 64.4 Å². The first-order chi connectivity index (χ1) is 15.8. The molecular weight excluding hydrogens is 400 g/mol. The largest absolute Gasteiger partial charge is 0.491 e. The summed E-state index contributed by atoms with van der Waals surface area (Å²) in [6, 6.07) is 27.8. The minimum Gasteiger partial charge on any atom is -0.491 e. The number of aryl methyl sites for hydroxylation is 1. The predicted octanol–water partition coefficient (Wildman–Crippen LogP) is 5.06. The molecule has 0 aliphatic carbocycles. The van der Waals surface area contributed by atoms with Crippen molar-refractivity contribution in [1.29, 1.82) is 0 Å². The highest BCUT2D eigenvalue weighted by Crippen LogP contribution is 2.33. The molecule has 3 aromatic carbocycles.